The maximum absolute atomic E-state index is 12.4. The molecule has 2 amide bonds. The number of hydrogen-bond donors (Lipinski definition) is 0. The third-order valence-corrected chi connectivity index (χ3v) is 3.88. The summed E-state index contributed by atoms with van der Waals surface area (Å²) < 4.78 is 2.73. The maximum Gasteiger partial charge on any atom is 0.277 e. The number of likely N-dealkylation sites (tertiary alicyclic amines) is 1. The molecule has 0 aliphatic carbocycles. The summed E-state index contributed by atoms with van der Waals surface area (Å²) >= 11 is 3.36. The number of carbonyl (C=O) groups is 2. The molecular formula is C13H17BrN2O2. The summed E-state index contributed by atoms with van der Waals surface area (Å²) in [6.45, 7) is 5.30. The number of imide groups is 1. The van der Waals surface area contributed by atoms with Crippen molar-refractivity contribution < 1.29 is 9.59 Å². The van der Waals surface area contributed by atoms with Gasteiger partial charge in [0.25, 0.3) is 5.91 Å². The van der Waals surface area contributed by atoms with E-state index < -0.39 is 0 Å². The van der Waals surface area contributed by atoms with Crippen LogP contribution in [0, 0.1) is 5.92 Å². The third-order valence-electron chi connectivity index (χ3n) is 3.45. The summed E-state index contributed by atoms with van der Waals surface area (Å²) in [6, 6.07) is 1.78. The van der Waals surface area contributed by atoms with Gasteiger partial charge in [-0.3, -0.25) is 14.5 Å². The number of amides is 2. The zero-order valence-electron chi connectivity index (χ0n) is 10.6. The molecule has 0 radical (unpaired) electrons. The van der Waals surface area contributed by atoms with E-state index in [2.05, 4.69) is 22.9 Å². The zero-order chi connectivity index (χ0) is 13.3. The molecule has 0 spiro atoms. The Hall–Kier alpha value is -1.10. The average molecular weight is 313 g/mol. The molecule has 1 aromatic rings. The Kier molecular flexibility index (Phi) is 3.90. The molecule has 1 aromatic heterocycles. The van der Waals surface area contributed by atoms with Crippen LogP contribution in [0.2, 0.25) is 0 Å². The second-order valence-electron chi connectivity index (χ2n) is 4.62. The summed E-state index contributed by atoms with van der Waals surface area (Å²) in [6.07, 6.45) is 3.30. The van der Waals surface area contributed by atoms with E-state index in [4.69, 9.17) is 0 Å². The first-order chi connectivity index (χ1) is 8.56. The van der Waals surface area contributed by atoms with Gasteiger partial charge in [-0.25, -0.2) is 0 Å². The first-order valence-corrected chi connectivity index (χ1v) is 7.06. The van der Waals surface area contributed by atoms with Crippen molar-refractivity contribution in [2.45, 2.75) is 33.2 Å². The number of halogens is 1. The van der Waals surface area contributed by atoms with Gasteiger partial charge < -0.3 is 4.57 Å². The molecule has 0 N–H and O–H groups in total. The van der Waals surface area contributed by atoms with Gasteiger partial charge in [-0.1, -0.05) is 13.3 Å². The average Bonchev–Trinajstić information content (AvgIpc) is 2.91. The lowest BCUT2D eigenvalue weighted by Gasteiger charge is -2.15. The normalized spacial score (nSPS) is 19.6. The Bertz CT molecular complexity index is 481. The standard InChI is InChI=1S/C13H17BrN2O2/c1-3-9-5-12(17)16(7-9)13(18)11-6-10(14)8-15(11)4-2/h6,8-9H,3-5,7H2,1-2H3. The number of aryl methyl sites for hydroxylation is 1. The Labute approximate surface area is 115 Å². The van der Waals surface area contributed by atoms with Gasteiger partial charge in [-0.05, 0) is 34.8 Å². The Morgan fingerprint density at radius 3 is 2.78 bits per heavy atom. The van der Waals surface area contributed by atoms with Crippen molar-refractivity contribution in [2.24, 2.45) is 5.92 Å². The largest absolute Gasteiger partial charge is 0.343 e. The van der Waals surface area contributed by atoms with Crippen LogP contribution in [0.1, 0.15) is 37.2 Å². The number of hydrogen-bond acceptors (Lipinski definition) is 2. The fraction of sp³-hybridized carbons (Fsp3) is 0.538. The molecule has 2 heterocycles. The van der Waals surface area contributed by atoms with Crippen LogP contribution in [-0.4, -0.2) is 27.8 Å². The van der Waals surface area contributed by atoms with Crippen LogP contribution in [0.15, 0.2) is 16.7 Å². The number of aromatic nitrogens is 1. The maximum atomic E-state index is 12.4. The number of rotatable bonds is 3. The minimum atomic E-state index is -0.177. The monoisotopic (exact) mass is 312 g/mol. The van der Waals surface area contributed by atoms with E-state index in [1.165, 1.54) is 4.90 Å². The van der Waals surface area contributed by atoms with E-state index in [1.54, 1.807) is 6.07 Å². The van der Waals surface area contributed by atoms with Crippen molar-refractivity contribution in [3.8, 4) is 0 Å². The molecule has 1 saturated heterocycles. The van der Waals surface area contributed by atoms with Crippen LogP contribution < -0.4 is 0 Å². The second kappa shape index (κ2) is 5.26. The Balaban J connectivity index is 2.23. The summed E-state index contributed by atoms with van der Waals surface area (Å²) in [5, 5.41) is 0. The van der Waals surface area contributed by atoms with Crippen LogP contribution in [0.4, 0.5) is 0 Å². The minimum absolute atomic E-state index is 0.0492. The number of carbonyl (C=O) groups excluding carboxylic acids is 2. The van der Waals surface area contributed by atoms with Crippen LogP contribution >= 0.6 is 15.9 Å². The molecule has 5 heteroatoms. The van der Waals surface area contributed by atoms with Crippen molar-refractivity contribution in [1.82, 2.24) is 9.47 Å². The SMILES string of the molecule is CCC1CC(=O)N(C(=O)c2cc(Br)cn2CC)C1. The molecule has 0 aromatic carbocycles. The van der Waals surface area contributed by atoms with Crippen molar-refractivity contribution in [2.75, 3.05) is 6.54 Å². The molecular weight excluding hydrogens is 296 g/mol. The summed E-state index contributed by atoms with van der Waals surface area (Å²) in [5.41, 5.74) is 0.578. The van der Waals surface area contributed by atoms with Gasteiger partial charge in [0.2, 0.25) is 5.91 Å². The molecule has 18 heavy (non-hydrogen) atoms. The number of nitrogens with zero attached hydrogens (tertiary/aromatic N) is 2. The second-order valence-corrected chi connectivity index (χ2v) is 5.53. The van der Waals surface area contributed by atoms with Gasteiger partial charge in [-0.15, -0.1) is 0 Å². The van der Waals surface area contributed by atoms with E-state index in [1.807, 2.05) is 17.7 Å². The quantitative estimate of drug-likeness (QED) is 0.805. The van der Waals surface area contributed by atoms with Gasteiger partial charge in [0.05, 0.1) is 0 Å². The minimum Gasteiger partial charge on any atom is -0.343 e. The molecule has 98 valence electrons. The van der Waals surface area contributed by atoms with Crippen LogP contribution in [0.25, 0.3) is 0 Å². The zero-order valence-corrected chi connectivity index (χ0v) is 12.2. The lowest BCUT2D eigenvalue weighted by molar-refractivity contribution is -0.125. The molecule has 1 aliphatic heterocycles. The Morgan fingerprint density at radius 2 is 2.22 bits per heavy atom. The highest BCUT2D eigenvalue weighted by atomic mass is 79.9. The van der Waals surface area contributed by atoms with Crippen LogP contribution in [-0.2, 0) is 11.3 Å². The highest BCUT2D eigenvalue weighted by Crippen LogP contribution is 2.24. The van der Waals surface area contributed by atoms with E-state index in [0.29, 0.717) is 31.1 Å². The smallest absolute Gasteiger partial charge is 0.277 e. The fourth-order valence-corrected chi connectivity index (χ4v) is 2.77. The summed E-state index contributed by atoms with van der Waals surface area (Å²) in [5.74, 6) is 0.0882. The van der Waals surface area contributed by atoms with Gasteiger partial charge in [0.15, 0.2) is 0 Å². The fourth-order valence-electron chi connectivity index (χ4n) is 2.31. The summed E-state index contributed by atoms with van der Waals surface area (Å²) in [7, 11) is 0. The molecule has 0 saturated carbocycles. The Morgan fingerprint density at radius 1 is 1.50 bits per heavy atom. The first kappa shape index (κ1) is 13.3. The highest BCUT2D eigenvalue weighted by Gasteiger charge is 2.34. The lowest BCUT2D eigenvalue weighted by atomic mass is 10.1. The highest BCUT2D eigenvalue weighted by molar-refractivity contribution is 9.10. The van der Waals surface area contributed by atoms with Gasteiger partial charge in [0.1, 0.15) is 5.69 Å². The topological polar surface area (TPSA) is 42.3 Å². The first-order valence-electron chi connectivity index (χ1n) is 6.27. The molecule has 0 bridgehead atoms. The van der Waals surface area contributed by atoms with Gasteiger partial charge >= 0.3 is 0 Å². The molecule has 1 unspecified atom stereocenters. The van der Waals surface area contributed by atoms with Crippen molar-refractivity contribution in [1.29, 1.82) is 0 Å². The van der Waals surface area contributed by atoms with E-state index >= 15 is 0 Å². The third kappa shape index (κ3) is 2.36. The molecule has 1 fully saturated rings. The van der Waals surface area contributed by atoms with Crippen molar-refractivity contribution in [3.05, 3.63) is 22.4 Å². The molecule has 1 aliphatic rings. The summed E-state index contributed by atoms with van der Waals surface area (Å²) in [4.78, 5) is 25.6. The van der Waals surface area contributed by atoms with Crippen molar-refractivity contribution >= 4 is 27.7 Å². The van der Waals surface area contributed by atoms with Crippen LogP contribution in [0.3, 0.4) is 0 Å². The molecule has 2 rings (SSSR count). The predicted octanol–water partition coefficient (Wildman–Crippen LogP) is 2.67. The van der Waals surface area contributed by atoms with Gasteiger partial charge in [-0.2, -0.15) is 0 Å². The lowest BCUT2D eigenvalue weighted by Crippen LogP contribution is -2.33. The predicted molar refractivity (Wildman–Crippen MR) is 72.2 cm³/mol. The van der Waals surface area contributed by atoms with Gasteiger partial charge in [0, 0.05) is 30.2 Å². The van der Waals surface area contributed by atoms with Crippen molar-refractivity contribution in [3.63, 3.8) is 0 Å². The van der Waals surface area contributed by atoms with E-state index in [9.17, 15) is 9.59 Å². The van der Waals surface area contributed by atoms with E-state index in [0.717, 1.165) is 10.9 Å². The molecule has 1 atom stereocenters. The van der Waals surface area contributed by atoms with E-state index in [-0.39, 0.29) is 11.8 Å². The van der Waals surface area contributed by atoms with Crippen LogP contribution in [0.5, 0.6) is 0 Å². The molecule has 4 nitrogen and oxygen atoms in total.